The van der Waals surface area contributed by atoms with Crippen molar-refractivity contribution in [1.29, 1.82) is 0 Å². The minimum absolute atomic E-state index is 0.587. The summed E-state index contributed by atoms with van der Waals surface area (Å²) in [5, 5.41) is 7.00. The van der Waals surface area contributed by atoms with E-state index in [1.54, 1.807) is 0 Å². The molecule has 5 nitrogen and oxygen atoms in total. The van der Waals surface area contributed by atoms with Crippen LogP contribution in [0.5, 0.6) is 0 Å². The molecule has 24 heavy (non-hydrogen) atoms. The standard InChI is InChI=1S/C19H37N3O2/c1-3-16-5-7-18(8-6-16)22-19(20-2)21-11-4-12-24-15-17-9-13-23-14-10-17/h16-18H,3-15H2,1-2H3,(H2,20,21,22). The molecule has 0 aromatic rings. The summed E-state index contributed by atoms with van der Waals surface area (Å²) < 4.78 is 11.2. The SMILES string of the molecule is CCC1CCC(NC(=NC)NCCCOCC2CCOCC2)CC1. The lowest BCUT2D eigenvalue weighted by molar-refractivity contribution is 0.0203. The van der Waals surface area contributed by atoms with Crippen LogP contribution in [0.25, 0.3) is 0 Å². The van der Waals surface area contributed by atoms with E-state index in [1.165, 1.54) is 32.1 Å². The molecule has 0 aromatic carbocycles. The Kier molecular flexibility index (Phi) is 9.51. The van der Waals surface area contributed by atoms with Crippen molar-refractivity contribution >= 4 is 5.96 Å². The second kappa shape index (κ2) is 11.7. The van der Waals surface area contributed by atoms with Crippen molar-refractivity contribution < 1.29 is 9.47 Å². The molecule has 1 saturated heterocycles. The van der Waals surface area contributed by atoms with Gasteiger partial charge in [0.1, 0.15) is 0 Å². The number of ether oxygens (including phenoxy) is 2. The molecule has 1 aliphatic carbocycles. The highest BCUT2D eigenvalue weighted by Crippen LogP contribution is 2.26. The first-order valence-corrected chi connectivity index (χ1v) is 9.94. The third-order valence-electron chi connectivity index (χ3n) is 5.44. The highest BCUT2D eigenvalue weighted by atomic mass is 16.5. The molecule has 0 radical (unpaired) electrons. The van der Waals surface area contributed by atoms with Gasteiger partial charge in [-0.25, -0.2) is 0 Å². The van der Waals surface area contributed by atoms with Gasteiger partial charge in [0.25, 0.3) is 0 Å². The first kappa shape index (κ1) is 19.5. The van der Waals surface area contributed by atoms with Crippen molar-refractivity contribution in [3.8, 4) is 0 Å². The number of nitrogens with one attached hydrogen (secondary N) is 2. The molecule has 2 aliphatic rings. The molecule has 2 fully saturated rings. The minimum atomic E-state index is 0.587. The molecular formula is C19H37N3O2. The van der Waals surface area contributed by atoms with Crippen molar-refractivity contribution in [3.05, 3.63) is 0 Å². The van der Waals surface area contributed by atoms with Crippen LogP contribution in [-0.4, -0.2) is 52.0 Å². The predicted molar refractivity (Wildman–Crippen MR) is 99.5 cm³/mol. The second-order valence-electron chi connectivity index (χ2n) is 7.25. The van der Waals surface area contributed by atoms with Crippen LogP contribution in [0.4, 0.5) is 0 Å². The number of hydrogen-bond acceptors (Lipinski definition) is 3. The van der Waals surface area contributed by atoms with Crippen molar-refractivity contribution in [1.82, 2.24) is 10.6 Å². The fourth-order valence-electron chi connectivity index (χ4n) is 3.65. The Morgan fingerprint density at radius 3 is 2.50 bits per heavy atom. The fraction of sp³-hybridized carbons (Fsp3) is 0.947. The van der Waals surface area contributed by atoms with E-state index < -0.39 is 0 Å². The van der Waals surface area contributed by atoms with Gasteiger partial charge in [-0.3, -0.25) is 4.99 Å². The summed E-state index contributed by atoms with van der Waals surface area (Å²) in [5.41, 5.74) is 0. The lowest BCUT2D eigenvalue weighted by Crippen LogP contribution is -2.45. The van der Waals surface area contributed by atoms with Crippen LogP contribution in [0, 0.1) is 11.8 Å². The van der Waals surface area contributed by atoms with Crippen LogP contribution in [0.3, 0.4) is 0 Å². The quantitative estimate of drug-likeness (QED) is 0.405. The van der Waals surface area contributed by atoms with E-state index in [1.807, 2.05) is 7.05 Å². The smallest absolute Gasteiger partial charge is 0.191 e. The van der Waals surface area contributed by atoms with E-state index in [-0.39, 0.29) is 0 Å². The molecule has 1 saturated carbocycles. The van der Waals surface area contributed by atoms with Crippen LogP contribution < -0.4 is 10.6 Å². The monoisotopic (exact) mass is 339 g/mol. The Bertz CT molecular complexity index is 349. The zero-order valence-corrected chi connectivity index (χ0v) is 15.7. The van der Waals surface area contributed by atoms with E-state index >= 15 is 0 Å². The topological polar surface area (TPSA) is 54.9 Å². The molecule has 0 amide bonds. The molecule has 0 bridgehead atoms. The summed E-state index contributed by atoms with van der Waals surface area (Å²) in [6.07, 6.45) is 9.89. The van der Waals surface area contributed by atoms with E-state index in [0.717, 1.165) is 64.1 Å². The summed E-state index contributed by atoms with van der Waals surface area (Å²) in [6.45, 7) is 6.73. The zero-order valence-electron chi connectivity index (χ0n) is 15.7. The summed E-state index contributed by atoms with van der Waals surface area (Å²) in [5.74, 6) is 2.57. The molecule has 1 heterocycles. The number of rotatable bonds is 8. The molecule has 0 unspecified atom stereocenters. The Morgan fingerprint density at radius 2 is 1.83 bits per heavy atom. The van der Waals surface area contributed by atoms with Gasteiger partial charge < -0.3 is 20.1 Å². The van der Waals surface area contributed by atoms with E-state index in [2.05, 4.69) is 22.5 Å². The molecule has 2 rings (SSSR count). The minimum Gasteiger partial charge on any atom is -0.381 e. The van der Waals surface area contributed by atoms with E-state index in [4.69, 9.17) is 9.47 Å². The largest absolute Gasteiger partial charge is 0.381 e. The maximum absolute atomic E-state index is 5.81. The normalized spacial score (nSPS) is 26.3. The van der Waals surface area contributed by atoms with Gasteiger partial charge in [-0.05, 0) is 56.8 Å². The van der Waals surface area contributed by atoms with Crippen LogP contribution in [-0.2, 0) is 9.47 Å². The highest BCUT2D eigenvalue weighted by Gasteiger charge is 2.20. The van der Waals surface area contributed by atoms with Gasteiger partial charge >= 0.3 is 0 Å². The molecule has 0 spiro atoms. The second-order valence-corrected chi connectivity index (χ2v) is 7.25. The zero-order chi connectivity index (χ0) is 17.0. The van der Waals surface area contributed by atoms with Crippen molar-refractivity contribution in [2.45, 2.75) is 64.3 Å². The summed E-state index contributed by atoms with van der Waals surface area (Å²) in [4.78, 5) is 4.35. The van der Waals surface area contributed by atoms with Gasteiger partial charge in [0.2, 0.25) is 0 Å². The molecule has 2 N–H and O–H groups in total. The fourth-order valence-corrected chi connectivity index (χ4v) is 3.65. The molecule has 5 heteroatoms. The lowest BCUT2D eigenvalue weighted by Gasteiger charge is -2.29. The molecule has 140 valence electrons. The van der Waals surface area contributed by atoms with Crippen molar-refractivity contribution in [2.24, 2.45) is 16.8 Å². The average molecular weight is 340 g/mol. The van der Waals surface area contributed by atoms with Crippen LogP contribution >= 0.6 is 0 Å². The predicted octanol–water partition coefficient (Wildman–Crippen LogP) is 2.95. The van der Waals surface area contributed by atoms with Crippen LogP contribution in [0.15, 0.2) is 4.99 Å². The van der Waals surface area contributed by atoms with E-state index in [9.17, 15) is 0 Å². The van der Waals surface area contributed by atoms with E-state index in [0.29, 0.717) is 12.0 Å². The van der Waals surface area contributed by atoms with Gasteiger partial charge in [0.15, 0.2) is 5.96 Å². The Hall–Kier alpha value is -0.810. The number of guanidine groups is 1. The molecule has 1 aliphatic heterocycles. The van der Waals surface area contributed by atoms with Gasteiger partial charge in [-0.2, -0.15) is 0 Å². The summed E-state index contributed by atoms with van der Waals surface area (Å²) in [6, 6.07) is 0.587. The summed E-state index contributed by atoms with van der Waals surface area (Å²) >= 11 is 0. The van der Waals surface area contributed by atoms with Crippen molar-refractivity contribution in [2.75, 3.05) is 40.0 Å². The van der Waals surface area contributed by atoms with Crippen LogP contribution in [0.1, 0.15) is 58.3 Å². The Labute approximate surface area is 148 Å². The maximum Gasteiger partial charge on any atom is 0.191 e. The van der Waals surface area contributed by atoms with Gasteiger partial charge in [-0.15, -0.1) is 0 Å². The third kappa shape index (κ3) is 7.39. The van der Waals surface area contributed by atoms with Gasteiger partial charge in [0.05, 0.1) is 0 Å². The number of nitrogens with zero attached hydrogens (tertiary/aromatic N) is 1. The summed E-state index contributed by atoms with van der Waals surface area (Å²) in [7, 11) is 1.86. The average Bonchev–Trinajstić information content (AvgIpc) is 2.65. The van der Waals surface area contributed by atoms with Gasteiger partial charge in [-0.1, -0.05) is 13.3 Å². The van der Waals surface area contributed by atoms with Crippen molar-refractivity contribution in [3.63, 3.8) is 0 Å². The Morgan fingerprint density at radius 1 is 1.08 bits per heavy atom. The third-order valence-corrected chi connectivity index (χ3v) is 5.44. The highest BCUT2D eigenvalue weighted by molar-refractivity contribution is 5.79. The van der Waals surface area contributed by atoms with Crippen LogP contribution in [0.2, 0.25) is 0 Å². The molecular weight excluding hydrogens is 302 g/mol. The molecule has 0 aromatic heterocycles. The first-order chi connectivity index (χ1) is 11.8. The lowest BCUT2D eigenvalue weighted by atomic mass is 9.84. The number of aliphatic imine (C=N–C) groups is 1. The van der Waals surface area contributed by atoms with Gasteiger partial charge in [0, 0.05) is 46.1 Å². The Balaban J connectivity index is 1.49. The first-order valence-electron chi connectivity index (χ1n) is 9.94. The maximum atomic E-state index is 5.81. The molecule has 0 atom stereocenters. The number of hydrogen-bond donors (Lipinski definition) is 2.